The first-order chi connectivity index (χ1) is 5.53. The summed E-state index contributed by atoms with van der Waals surface area (Å²) in [6.45, 7) is 0.0543. The Morgan fingerprint density at radius 1 is 1.67 bits per heavy atom. The molecule has 7 heteroatoms. The number of alkyl halides is 2. The fourth-order valence-corrected chi connectivity index (χ4v) is 0.654. The first-order valence-corrected chi connectivity index (χ1v) is 3.07. The van der Waals surface area contributed by atoms with Crippen LogP contribution in [0.3, 0.4) is 0 Å². The Labute approximate surface area is 66.6 Å². The molecule has 0 fully saturated rings. The van der Waals surface area contributed by atoms with Gasteiger partial charge in [-0.25, -0.2) is 13.5 Å². The molecule has 0 spiro atoms. The van der Waals surface area contributed by atoms with Crippen LogP contribution < -0.4 is 0 Å². The molecule has 0 aliphatic heterocycles. The zero-order valence-electron chi connectivity index (χ0n) is 6.20. The van der Waals surface area contributed by atoms with E-state index in [1.807, 2.05) is 0 Å². The second-order valence-corrected chi connectivity index (χ2v) is 2.34. The SMILES string of the molecule is CC(F)(F)Cn1nnnc1C#N. The molecule has 0 atom stereocenters. The predicted molar refractivity (Wildman–Crippen MR) is 33.2 cm³/mol. The van der Waals surface area contributed by atoms with Gasteiger partial charge in [-0.2, -0.15) is 5.26 Å². The third-order valence-electron chi connectivity index (χ3n) is 1.06. The lowest BCUT2D eigenvalue weighted by molar-refractivity contribution is -0.000195. The van der Waals surface area contributed by atoms with Gasteiger partial charge >= 0.3 is 0 Å². The van der Waals surface area contributed by atoms with Crippen LogP contribution in [0, 0.1) is 11.3 Å². The van der Waals surface area contributed by atoms with E-state index in [1.54, 1.807) is 6.07 Å². The normalized spacial score (nSPS) is 11.2. The molecule has 0 bridgehead atoms. The fourth-order valence-electron chi connectivity index (χ4n) is 0.654. The van der Waals surface area contributed by atoms with E-state index in [1.165, 1.54) is 0 Å². The minimum absolute atomic E-state index is 0.212. The minimum Gasteiger partial charge on any atom is -0.211 e. The number of hydrogen-bond donors (Lipinski definition) is 0. The van der Waals surface area contributed by atoms with Crippen LogP contribution >= 0.6 is 0 Å². The molecule has 0 aromatic carbocycles. The van der Waals surface area contributed by atoms with Gasteiger partial charge in [-0.3, -0.25) is 0 Å². The summed E-state index contributed by atoms with van der Waals surface area (Å²) >= 11 is 0. The Bertz CT molecular complexity index is 306. The van der Waals surface area contributed by atoms with Crippen molar-refractivity contribution in [1.82, 2.24) is 20.2 Å². The summed E-state index contributed by atoms with van der Waals surface area (Å²) in [5.74, 6) is -3.13. The maximum atomic E-state index is 12.4. The molecule has 1 rings (SSSR count). The van der Waals surface area contributed by atoms with Crippen molar-refractivity contribution in [2.24, 2.45) is 0 Å². The molecule has 0 saturated heterocycles. The molecule has 0 aliphatic rings. The van der Waals surface area contributed by atoms with E-state index in [0.29, 0.717) is 0 Å². The van der Waals surface area contributed by atoms with Gasteiger partial charge in [0, 0.05) is 6.92 Å². The quantitative estimate of drug-likeness (QED) is 0.640. The lowest BCUT2D eigenvalue weighted by Gasteiger charge is -2.08. The van der Waals surface area contributed by atoms with E-state index >= 15 is 0 Å². The van der Waals surface area contributed by atoms with Gasteiger partial charge in [0.15, 0.2) is 0 Å². The van der Waals surface area contributed by atoms with Crippen molar-refractivity contribution in [3.63, 3.8) is 0 Å². The van der Waals surface area contributed by atoms with Gasteiger partial charge in [-0.1, -0.05) is 5.10 Å². The van der Waals surface area contributed by atoms with Crippen molar-refractivity contribution in [3.05, 3.63) is 5.82 Å². The third-order valence-corrected chi connectivity index (χ3v) is 1.06. The maximum Gasteiger partial charge on any atom is 0.264 e. The zero-order valence-corrected chi connectivity index (χ0v) is 6.20. The summed E-state index contributed by atoms with van der Waals surface area (Å²) in [7, 11) is 0. The molecule has 1 aromatic rings. The zero-order chi connectivity index (χ0) is 9.19. The number of nitriles is 1. The second kappa shape index (κ2) is 2.81. The molecular formula is C5H5F2N5. The Morgan fingerprint density at radius 2 is 2.33 bits per heavy atom. The van der Waals surface area contributed by atoms with E-state index in [9.17, 15) is 8.78 Å². The molecule has 5 nitrogen and oxygen atoms in total. The van der Waals surface area contributed by atoms with Crippen LogP contribution in [0.2, 0.25) is 0 Å². The topological polar surface area (TPSA) is 67.4 Å². The van der Waals surface area contributed by atoms with Crippen molar-refractivity contribution >= 4 is 0 Å². The predicted octanol–water partition coefficient (Wildman–Crippen LogP) is 0.200. The number of tetrazole rings is 1. The summed E-state index contributed by atoms with van der Waals surface area (Å²) < 4.78 is 25.5. The van der Waals surface area contributed by atoms with Gasteiger partial charge in [0.05, 0.1) is 0 Å². The van der Waals surface area contributed by atoms with E-state index in [2.05, 4.69) is 15.5 Å². The largest absolute Gasteiger partial charge is 0.264 e. The van der Waals surface area contributed by atoms with Crippen LogP contribution in [-0.2, 0) is 6.54 Å². The molecule has 0 amide bonds. The first kappa shape index (κ1) is 8.52. The van der Waals surface area contributed by atoms with Crippen LogP contribution in [0.15, 0.2) is 0 Å². The monoisotopic (exact) mass is 173 g/mol. The molecule has 0 aliphatic carbocycles. The lowest BCUT2D eigenvalue weighted by Crippen LogP contribution is -2.21. The van der Waals surface area contributed by atoms with Crippen molar-refractivity contribution in [2.45, 2.75) is 19.4 Å². The average molecular weight is 173 g/mol. The van der Waals surface area contributed by atoms with E-state index in [0.717, 1.165) is 11.6 Å². The number of rotatable bonds is 2. The van der Waals surface area contributed by atoms with Crippen molar-refractivity contribution < 1.29 is 8.78 Å². The summed E-state index contributed by atoms with van der Waals surface area (Å²) in [6, 6.07) is 1.59. The Hall–Kier alpha value is -1.58. The Morgan fingerprint density at radius 3 is 2.83 bits per heavy atom. The molecular weight excluding hydrogens is 168 g/mol. The van der Waals surface area contributed by atoms with E-state index in [4.69, 9.17) is 5.26 Å². The highest BCUT2D eigenvalue weighted by molar-refractivity contribution is 5.05. The molecule has 0 N–H and O–H groups in total. The smallest absolute Gasteiger partial charge is 0.211 e. The lowest BCUT2D eigenvalue weighted by atomic mass is 10.4. The number of halogens is 2. The summed E-state index contributed by atoms with van der Waals surface area (Å²) in [6.07, 6.45) is 0. The summed E-state index contributed by atoms with van der Waals surface area (Å²) in [5.41, 5.74) is 0. The summed E-state index contributed by atoms with van der Waals surface area (Å²) in [4.78, 5) is 0. The van der Waals surface area contributed by atoms with Crippen LogP contribution in [-0.4, -0.2) is 26.1 Å². The first-order valence-electron chi connectivity index (χ1n) is 3.07. The third kappa shape index (κ3) is 1.95. The number of hydrogen-bond acceptors (Lipinski definition) is 4. The van der Waals surface area contributed by atoms with E-state index < -0.39 is 12.5 Å². The van der Waals surface area contributed by atoms with Gasteiger partial charge in [-0.15, -0.1) is 0 Å². The Balaban J connectivity index is 2.84. The van der Waals surface area contributed by atoms with Crippen molar-refractivity contribution in [1.29, 1.82) is 5.26 Å². The molecule has 1 aromatic heterocycles. The number of nitrogens with zero attached hydrogens (tertiary/aromatic N) is 5. The standard InChI is InChI=1S/C5H5F2N5/c1-5(6,7)3-12-4(2-8)9-10-11-12/h3H2,1H3. The van der Waals surface area contributed by atoms with Crippen LogP contribution in [0.1, 0.15) is 12.7 Å². The minimum atomic E-state index is -2.92. The van der Waals surface area contributed by atoms with Gasteiger partial charge in [-0.05, 0) is 10.4 Å². The molecule has 0 unspecified atom stereocenters. The second-order valence-electron chi connectivity index (χ2n) is 2.34. The number of aromatic nitrogens is 4. The molecule has 1 heterocycles. The van der Waals surface area contributed by atoms with Crippen LogP contribution in [0.4, 0.5) is 8.78 Å². The maximum absolute atomic E-state index is 12.4. The van der Waals surface area contributed by atoms with Gasteiger partial charge in [0.1, 0.15) is 12.6 Å². The van der Waals surface area contributed by atoms with E-state index in [-0.39, 0.29) is 5.82 Å². The van der Waals surface area contributed by atoms with Gasteiger partial charge < -0.3 is 0 Å². The van der Waals surface area contributed by atoms with Gasteiger partial charge in [0.2, 0.25) is 0 Å². The van der Waals surface area contributed by atoms with Crippen LogP contribution in [0.25, 0.3) is 0 Å². The molecule has 0 saturated carbocycles. The highest BCUT2D eigenvalue weighted by Gasteiger charge is 2.24. The highest BCUT2D eigenvalue weighted by atomic mass is 19.3. The average Bonchev–Trinajstić information content (AvgIpc) is 2.31. The molecule has 12 heavy (non-hydrogen) atoms. The molecule has 64 valence electrons. The summed E-state index contributed by atoms with van der Waals surface area (Å²) in [5, 5.41) is 17.9. The fraction of sp³-hybridized carbons (Fsp3) is 0.600. The van der Waals surface area contributed by atoms with Crippen molar-refractivity contribution in [2.75, 3.05) is 0 Å². The van der Waals surface area contributed by atoms with Crippen molar-refractivity contribution in [3.8, 4) is 6.07 Å². The highest BCUT2D eigenvalue weighted by Crippen LogP contribution is 2.13. The molecule has 0 radical (unpaired) electrons. The Kier molecular flexibility index (Phi) is 1.99. The van der Waals surface area contributed by atoms with Crippen LogP contribution in [0.5, 0.6) is 0 Å². The van der Waals surface area contributed by atoms with Gasteiger partial charge in [0.25, 0.3) is 11.7 Å².